The molecule has 0 amide bonds. The summed E-state index contributed by atoms with van der Waals surface area (Å²) in [4.78, 5) is 0. The number of nitrogens with two attached hydrogens (primary N) is 1. The third-order valence-corrected chi connectivity index (χ3v) is 4.17. The zero-order chi connectivity index (χ0) is 9.31. The van der Waals surface area contributed by atoms with Crippen molar-refractivity contribution in [2.24, 2.45) is 17.6 Å². The molecule has 1 nitrogen and oxygen atoms in total. The average Bonchev–Trinajstić information content (AvgIpc) is 2.78. The zero-order valence-corrected chi connectivity index (χ0v) is 8.89. The van der Waals surface area contributed by atoms with Crippen LogP contribution >= 0.6 is 0 Å². The Hall–Kier alpha value is -0.0400. The Morgan fingerprint density at radius 3 is 2.46 bits per heavy atom. The summed E-state index contributed by atoms with van der Waals surface area (Å²) in [6.07, 6.45) is 11.2. The SMILES string of the molecule is CCC1CC1(N)CC1CCCCC1. The van der Waals surface area contributed by atoms with E-state index in [1.54, 1.807) is 0 Å². The molecule has 2 aliphatic rings. The third kappa shape index (κ3) is 2.07. The second-order valence-electron chi connectivity index (χ2n) is 5.25. The van der Waals surface area contributed by atoms with E-state index in [4.69, 9.17) is 5.73 Å². The summed E-state index contributed by atoms with van der Waals surface area (Å²) in [7, 11) is 0. The van der Waals surface area contributed by atoms with Gasteiger partial charge in [0, 0.05) is 5.54 Å². The molecular formula is C12H23N. The lowest BCUT2D eigenvalue weighted by molar-refractivity contribution is 0.302. The van der Waals surface area contributed by atoms with Crippen molar-refractivity contribution in [2.75, 3.05) is 0 Å². The molecule has 13 heavy (non-hydrogen) atoms. The summed E-state index contributed by atoms with van der Waals surface area (Å²) in [5.74, 6) is 1.82. The van der Waals surface area contributed by atoms with E-state index in [0.717, 1.165) is 11.8 Å². The largest absolute Gasteiger partial charge is 0.325 e. The Morgan fingerprint density at radius 2 is 1.92 bits per heavy atom. The molecule has 2 atom stereocenters. The number of rotatable bonds is 3. The van der Waals surface area contributed by atoms with E-state index in [1.165, 1.54) is 51.4 Å². The standard InChI is InChI=1S/C12H23N/c1-2-11-9-12(11,13)8-10-6-4-3-5-7-10/h10-11H,2-9,13H2,1H3. The van der Waals surface area contributed by atoms with E-state index in [2.05, 4.69) is 6.92 Å². The smallest absolute Gasteiger partial charge is 0.0189 e. The maximum atomic E-state index is 6.33. The maximum Gasteiger partial charge on any atom is 0.0189 e. The molecule has 0 saturated heterocycles. The molecule has 0 spiro atoms. The molecule has 2 N–H and O–H groups in total. The molecule has 2 rings (SSSR count). The van der Waals surface area contributed by atoms with Crippen LogP contribution in [-0.2, 0) is 0 Å². The first-order valence-electron chi connectivity index (χ1n) is 6.03. The Kier molecular flexibility index (Phi) is 2.64. The minimum Gasteiger partial charge on any atom is -0.325 e. The highest BCUT2D eigenvalue weighted by Gasteiger charge is 2.49. The van der Waals surface area contributed by atoms with Crippen LogP contribution < -0.4 is 5.73 Å². The van der Waals surface area contributed by atoms with Crippen molar-refractivity contribution < 1.29 is 0 Å². The van der Waals surface area contributed by atoms with E-state index < -0.39 is 0 Å². The second kappa shape index (κ2) is 3.61. The fraction of sp³-hybridized carbons (Fsp3) is 1.00. The van der Waals surface area contributed by atoms with Crippen LogP contribution in [0.2, 0.25) is 0 Å². The molecular weight excluding hydrogens is 158 g/mol. The molecule has 2 saturated carbocycles. The normalized spacial score (nSPS) is 40.6. The van der Waals surface area contributed by atoms with Gasteiger partial charge < -0.3 is 5.73 Å². The van der Waals surface area contributed by atoms with Crippen molar-refractivity contribution in [3.8, 4) is 0 Å². The van der Waals surface area contributed by atoms with Crippen molar-refractivity contribution >= 4 is 0 Å². The summed E-state index contributed by atoms with van der Waals surface area (Å²) in [5, 5.41) is 0. The van der Waals surface area contributed by atoms with Crippen molar-refractivity contribution in [3.63, 3.8) is 0 Å². The fourth-order valence-corrected chi connectivity index (χ4v) is 3.13. The van der Waals surface area contributed by atoms with E-state index in [9.17, 15) is 0 Å². The van der Waals surface area contributed by atoms with Crippen LogP contribution in [-0.4, -0.2) is 5.54 Å². The third-order valence-electron chi connectivity index (χ3n) is 4.17. The van der Waals surface area contributed by atoms with Crippen LogP contribution in [0.5, 0.6) is 0 Å². The minimum absolute atomic E-state index is 0.275. The van der Waals surface area contributed by atoms with Crippen LogP contribution in [0.3, 0.4) is 0 Å². The van der Waals surface area contributed by atoms with E-state index >= 15 is 0 Å². The van der Waals surface area contributed by atoms with E-state index in [0.29, 0.717) is 0 Å². The summed E-state index contributed by atoms with van der Waals surface area (Å²) in [6.45, 7) is 2.28. The van der Waals surface area contributed by atoms with Gasteiger partial charge in [0.25, 0.3) is 0 Å². The van der Waals surface area contributed by atoms with Gasteiger partial charge in [0.05, 0.1) is 0 Å². The van der Waals surface area contributed by atoms with Gasteiger partial charge in [-0.1, -0.05) is 45.4 Å². The van der Waals surface area contributed by atoms with Crippen molar-refractivity contribution in [1.29, 1.82) is 0 Å². The molecule has 0 bridgehead atoms. The van der Waals surface area contributed by atoms with Crippen LogP contribution in [0.1, 0.15) is 58.3 Å². The quantitative estimate of drug-likeness (QED) is 0.711. The van der Waals surface area contributed by atoms with E-state index in [1.807, 2.05) is 0 Å². The van der Waals surface area contributed by atoms with Gasteiger partial charge in [0.2, 0.25) is 0 Å². The van der Waals surface area contributed by atoms with Gasteiger partial charge in [0.15, 0.2) is 0 Å². The Morgan fingerprint density at radius 1 is 1.23 bits per heavy atom. The van der Waals surface area contributed by atoms with Crippen LogP contribution in [0.4, 0.5) is 0 Å². The first kappa shape index (κ1) is 9.51. The maximum absolute atomic E-state index is 6.33. The summed E-state index contributed by atoms with van der Waals surface area (Å²) in [5.41, 5.74) is 6.61. The van der Waals surface area contributed by atoms with Gasteiger partial charge >= 0.3 is 0 Å². The van der Waals surface area contributed by atoms with Gasteiger partial charge in [-0.2, -0.15) is 0 Å². The van der Waals surface area contributed by atoms with Crippen molar-refractivity contribution in [2.45, 2.75) is 63.8 Å². The molecule has 2 aliphatic carbocycles. The van der Waals surface area contributed by atoms with Crippen LogP contribution in [0.25, 0.3) is 0 Å². The molecule has 76 valence electrons. The predicted octanol–water partition coefficient (Wildman–Crippen LogP) is 3.08. The first-order valence-corrected chi connectivity index (χ1v) is 6.03. The molecule has 2 fully saturated rings. The first-order chi connectivity index (χ1) is 6.24. The van der Waals surface area contributed by atoms with Crippen molar-refractivity contribution in [3.05, 3.63) is 0 Å². The lowest BCUT2D eigenvalue weighted by Crippen LogP contribution is -2.29. The van der Waals surface area contributed by atoms with Gasteiger partial charge in [-0.25, -0.2) is 0 Å². The molecule has 0 aliphatic heterocycles. The van der Waals surface area contributed by atoms with Gasteiger partial charge in [-0.05, 0) is 24.7 Å². The van der Waals surface area contributed by atoms with Gasteiger partial charge in [0.1, 0.15) is 0 Å². The summed E-state index contributed by atoms with van der Waals surface area (Å²) >= 11 is 0. The highest BCUT2D eigenvalue weighted by atomic mass is 14.9. The Balaban J connectivity index is 1.77. The molecule has 0 aromatic carbocycles. The number of hydrogen-bond acceptors (Lipinski definition) is 1. The molecule has 0 radical (unpaired) electrons. The highest BCUT2D eigenvalue weighted by Crippen LogP contribution is 2.49. The van der Waals surface area contributed by atoms with Crippen LogP contribution in [0, 0.1) is 11.8 Å². The summed E-state index contributed by atoms with van der Waals surface area (Å²) < 4.78 is 0. The van der Waals surface area contributed by atoms with Crippen molar-refractivity contribution in [1.82, 2.24) is 0 Å². The van der Waals surface area contributed by atoms with E-state index in [-0.39, 0.29) is 5.54 Å². The van der Waals surface area contributed by atoms with Crippen LogP contribution in [0.15, 0.2) is 0 Å². The highest BCUT2D eigenvalue weighted by molar-refractivity contribution is 5.07. The molecule has 0 aromatic heterocycles. The molecule has 2 unspecified atom stereocenters. The minimum atomic E-state index is 0.275. The fourth-order valence-electron chi connectivity index (χ4n) is 3.13. The average molecular weight is 181 g/mol. The zero-order valence-electron chi connectivity index (χ0n) is 8.89. The van der Waals surface area contributed by atoms with Gasteiger partial charge in [-0.15, -0.1) is 0 Å². The number of hydrogen-bond donors (Lipinski definition) is 1. The Bertz CT molecular complexity index is 172. The van der Waals surface area contributed by atoms with Gasteiger partial charge in [-0.3, -0.25) is 0 Å². The Labute approximate surface area is 82.1 Å². The summed E-state index contributed by atoms with van der Waals surface area (Å²) in [6, 6.07) is 0. The lowest BCUT2D eigenvalue weighted by atomic mass is 9.83. The predicted molar refractivity (Wildman–Crippen MR) is 56.5 cm³/mol. The molecule has 1 heteroatoms. The molecule has 0 heterocycles. The second-order valence-corrected chi connectivity index (χ2v) is 5.25. The topological polar surface area (TPSA) is 26.0 Å². The monoisotopic (exact) mass is 181 g/mol. The molecule has 0 aromatic rings. The lowest BCUT2D eigenvalue weighted by Gasteiger charge is -2.25.